The van der Waals surface area contributed by atoms with E-state index >= 15 is 0 Å². The number of morpholine rings is 1. The lowest BCUT2D eigenvalue weighted by Gasteiger charge is -2.32. The molecule has 2 atom stereocenters. The molecule has 6 rings (SSSR count). The van der Waals surface area contributed by atoms with Crippen molar-refractivity contribution in [3.05, 3.63) is 65.9 Å². The van der Waals surface area contributed by atoms with Crippen LogP contribution in [-0.4, -0.2) is 70.9 Å². The number of aliphatic hydroxyl groups excluding tert-OH is 1. The number of nitrogens with one attached hydrogen (secondary N) is 2. The second kappa shape index (κ2) is 9.85. The molecule has 2 saturated heterocycles. The van der Waals surface area contributed by atoms with E-state index in [9.17, 15) is 9.90 Å². The van der Waals surface area contributed by atoms with Gasteiger partial charge in [0.2, 0.25) is 11.9 Å². The van der Waals surface area contributed by atoms with Crippen LogP contribution in [0.15, 0.2) is 54.7 Å². The Morgan fingerprint density at radius 3 is 2.86 bits per heavy atom. The normalized spacial score (nSPS) is 22.5. The zero-order valence-electron chi connectivity index (χ0n) is 20.1. The third-order valence-corrected chi connectivity index (χ3v) is 7.09. The van der Waals surface area contributed by atoms with Crippen LogP contribution in [0.1, 0.15) is 17.5 Å². The molecule has 0 spiro atoms. The molecule has 3 N–H and O–H groups in total. The minimum absolute atomic E-state index is 0.0597. The number of aromatic nitrogens is 2. The number of fused-ring (bicyclic) bond motifs is 8. The maximum absolute atomic E-state index is 13.3. The summed E-state index contributed by atoms with van der Waals surface area (Å²) in [5, 5.41) is 16.9. The second-order valence-electron chi connectivity index (χ2n) is 9.59. The number of hydrogen-bond acceptors (Lipinski definition) is 8. The Morgan fingerprint density at radius 2 is 1.97 bits per heavy atom. The Kier molecular flexibility index (Phi) is 6.27. The average Bonchev–Trinajstić information content (AvgIpc) is 3.28. The minimum Gasteiger partial charge on any atom is -0.392 e. The third kappa shape index (κ3) is 4.77. The van der Waals surface area contributed by atoms with Gasteiger partial charge in [-0.25, -0.2) is 9.97 Å². The van der Waals surface area contributed by atoms with Crippen LogP contribution in [0.5, 0.6) is 0 Å². The maximum Gasteiger partial charge on any atom is 0.237 e. The molecule has 2 fully saturated rings. The van der Waals surface area contributed by atoms with E-state index in [0.717, 1.165) is 46.8 Å². The molecule has 2 aromatic carbocycles. The molecule has 36 heavy (non-hydrogen) atoms. The Morgan fingerprint density at radius 1 is 1.08 bits per heavy atom. The van der Waals surface area contributed by atoms with Gasteiger partial charge in [0.05, 0.1) is 31.1 Å². The maximum atomic E-state index is 13.3. The Labute approximate surface area is 210 Å². The van der Waals surface area contributed by atoms with Crippen molar-refractivity contribution in [1.82, 2.24) is 20.2 Å². The Bertz CT molecular complexity index is 1260. The number of benzene rings is 2. The largest absolute Gasteiger partial charge is 0.392 e. The van der Waals surface area contributed by atoms with Gasteiger partial charge >= 0.3 is 0 Å². The van der Waals surface area contributed by atoms with Gasteiger partial charge in [0, 0.05) is 55.9 Å². The van der Waals surface area contributed by atoms with E-state index in [1.165, 1.54) is 0 Å². The molecule has 0 aliphatic carbocycles. The SMILES string of the molecule is O=C1NCc2cccc(c2)-c2ccnc(n2)Nc2ccc(N3CCOCC3)c(c2)CN2C[C@@H](O)C[C@@H]12. The van der Waals surface area contributed by atoms with Gasteiger partial charge in [-0.15, -0.1) is 0 Å². The highest BCUT2D eigenvalue weighted by molar-refractivity contribution is 5.82. The lowest BCUT2D eigenvalue weighted by molar-refractivity contribution is -0.125. The number of rotatable bonds is 1. The van der Waals surface area contributed by atoms with Crippen molar-refractivity contribution in [3.8, 4) is 11.3 Å². The first-order valence-electron chi connectivity index (χ1n) is 12.5. The molecule has 3 aliphatic heterocycles. The van der Waals surface area contributed by atoms with Gasteiger partial charge in [-0.3, -0.25) is 9.69 Å². The highest BCUT2D eigenvalue weighted by atomic mass is 16.5. The first-order valence-corrected chi connectivity index (χ1v) is 12.5. The molecular formula is C27H30N6O3. The molecule has 4 heterocycles. The molecule has 1 aromatic heterocycles. The quantitative estimate of drug-likeness (QED) is 0.482. The first-order chi connectivity index (χ1) is 17.6. The second-order valence-corrected chi connectivity index (χ2v) is 9.59. The third-order valence-electron chi connectivity index (χ3n) is 7.09. The topological polar surface area (TPSA) is 103 Å². The monoisotopic (exact) mass is 486 g/mol. The number of hydrogen-bond donors (Lipinski definition) is 3. The average molecular weight is 487 g/mol. The summed E-state index contributed by atoms with van der Waals surface area (Å²) in [5.41, 5.74) is 5.84. The molecule has 0 saturated carbocycles. The summed E-state index contributed by atoms with van der Waals surface area (Å²) >= 11 is 0. The van der Waals surface area contributed by atoms with E-state index in [1.54, 1.807) is 6.20 Å². The molecular weight excluding hydrogens is 456 g/mol. The Hall–Kier alpha value is -3.53. The van der Waals surface area contributed by atoms with E-state index < -0.39 is 6.10 Å². The highest BCUT2D eigenvalue weighted by Gasteiger charge is 2.36. The summed E-state index contributed by atoms with van der Waals surface area (Å²) in [5.74, 6) is 0.466. The molecule has 3 aromatic rings. The van der Waals surface area contributed by atoms with Gasteiger partial charge in [-0.2, -0.15) is 0 Å². The number of aliphatic hydroxyl groups is 1. The fourth-order valence-corrected chi connectivity index (χ4v) is 5.30. The fourth-order valence-electron chi connectivity index (χ4n) is 5.30. The zero-order chi connectivity index (χ0) is 24.5. The van der Waals surface area contributed by atoms with Crippen LogP contribution < -0.4 is 15.5 Å². The molecule has 0 unspecified atom stereocenters. The van der Waals surface area contributed by atoms with Crippen LogP contribution in [0.25, 0.3) is 11.3 Å². The molecule has 186 valence electrons. The van der Waals surface area contributed by atoms with Gasteiger partial charge in [0.25, 0.3) is 0 Å². The molecule has 0 radical (unpaired) electrons. The van der Waals surface area contributed by atoms with Crippen LogP contribution in [0.4, 0.5) is 17.3 Å². The number of ether oxygens (including phenoxy) is 1. The number of amides is 1. The van der Waals surface area contributed by atoms with Crippen molar-refractivity contribution in [2.75, 3.05) is 43.1 Å². The summed E-state index contributed by atoms with van der Waals surface area (Å²) in [4.78, 5) is 26.9. The summed E-state index contributed by atoms with van der Waals surface area (Å²) in [6, 6.07) is 15.8. The van der Waals surface area contributed by atoms with Crippen LogP contribution in [0.2, 0.25) is 0 Å². The van der Waals surface area contributed by atoms with Crippen LogP contribution in [0.3, 0.4) is 0 Å². The van der Waals surface area contributed by atoms with Crippen LogP contribution in [-0.2, 0) is 22.6 Å². The van der Waals surface area contributed by atoms with E-state index in [0.29, 0.717) is 45.2 Å². The van der Waals surface area contributed by atoms with Crippen molar-refractivity contribution in [2.45, 2.75) is 31.7 Å². The molecule has 1 amide bonds. The molecule has 9 nitrogen and oxygen atoms in total. The van der Waals surface area contributed by atoms with Crippen LogP contribution >= 0.6 is 0 Å². The Balaban J connectivity index is 1.42. The summed E-state index contributed by atoms with van der Waals surface area (Å²) in [6.07, 6.45) is 1.64. The van der Waals surface area contributed by atoms with Crippen molar-refractivity contribution in [2.24, 2.45) is 0 Å². The van der Waals surface area contributed by atoms with Crippen molar-refractivity contribution >= 4 is 23.2 Å². The van der Waals surface area contributed by atoms with Crippen molar-refractivity contribution < 1.29 is 14.6 Å². The first kappa shape index (κ1) is 22.9. The number of nitrogens with zero attached hydrogens (tertiary/aromatic N) is 4. The lowest BCUT2D eigenvalue weighted by Crippen LogP contribution is -2.43. The number of carbonyl (C=O) groups is 1. The predicted molar refractivity (Wildman–Crippen MR) is 137 cm³/mol. The van der Waals surface area contributed by atoms with E-state index in [1.807, 2.05) is 36.4 Å². The summed E-state index contributed by atoms with van der Waals surface area (Å²) in [6.45, 7) is 4.43. The zero-order valence-corrected chi connectivity index (χ0v) is 20.1. The smallest absolute Gasteiger partial charge is 0.237 e. The number of carbonyl (C=O) groups excluding carboxylic acids is 1. The lowest BCUT2D eigenvalue weighted by atomic mass is 10.1. The minimum atomic E-state index is -0.533. The molecule has 9 heteroatoms. The van der Waals surface area contributed by atoms with Gasteiger partial charge in [0.1, 0.15) is 0 Å². The summed E-state index contributed by atoms with van der Waals surface area (Å²) < 4.78 is 5.56. The van der Waals surface area contributed by atoms with Crippen molar-refractivity contribution in [1.29, 1.82) is 0 Å². The van der Waals surface area contributed by atoms with Gasteiger partial charge < -0.3 is 25.4 Å². The fraction of sp³-hybridized carbons (Fsp3) is 0.370. The number of anilines is 3. The predicted octanol–water partition coefficient (Wildman–Crippen LogP) is 2.29. The van der Waals surface area contributed by atoms with Gasteiger partial charge in [-0.1, -0.05) is 18.2 Å². The van der Waals surface area contributed by atoms with E-state index in [4.69, 9.17) is 9.72 Å². The van der Waals surface area contributed by atoms with E-state index in [2.05, 4.69) is 37.6 Å². The van der Waals surface area contributed by atoms with E-state index in [-0.39, 0.29) is 11.9 Å². The van der Waals surface area contributed by atoms with Crippen molar-refractivity contribution in [3.63, 3.8) is 0 Å². The van der Waals surface area contributed by atoms with Gasteiger partial charge in [-0.05, 0) is 47.9 Å². The summed E-state index contributed by atoms with van der Waals surface area (Å²) in [7, 11) is 0. The standard InChI is InChI=1S/C27H30N6O3/c34-22-14-25-26(35)29-15-18-2-1-3-19(12-18)23-6-7-28-27(31-23)30-21-4-5-24(32-8-10-36-11-9-32)20(13-21)16-33(25)17-22/h1-7,12-13,22,25,34H,8-11,14-17H2,(H,29,35)(H,28,30,31)/t22-,25-/m0/s1. The van der Waals surface area contributed by atoms with Gasteiger partial charge in [0.15, 0.2) is 0 Å². The molecule has 3 aliphatic rings. The highest BCUT2D eigenvalue weighted by Crippen LogP contribution is 2.31. The van der Waals surface area contributed by atoms with Crippen LogP contribution in [0, 0.1) is 0 Å². The molecule has 6 bridgehead atoms.